The molecule has 0 rings (SSSR count). The van der Waals surface area contributed by atoms with Gasteiger partial charge >= 0.3 is 19.8 Å². The number of hydrogen-bond acceptors (Lipinski definition) is 11. The molecule has 13 heteroatoms. The summed E-state index contributed by atoms with van der Waals surface area (Å²) in [4.78, 5) is 34.8. The van der Waals surface area contributed by atoms with Crippen LogP contribution in [-0.4, -0.2) is 88.1 Å². The monoisotopic (exact) mass is 752 g/mol. The predicted molar refractivity (Wildman–Crippen MR) is 199 cm³/mol. The van der Waals surface area contributed by atoms with Crippen molar-refractivity contribution in [2.24, 2.45) is 5.92 Å². The number of hydrogen-bond donors (Lipinski definition) is 5. The van der Waals surface area contributed by atoms with Gasteiger partial charge in [-0.15, -0.1) is 0 Å². The molecule has 0 aliphatic carbocycles. The smallest absolute Gasteiger partial charge is 0.462 e. The Morgan fingerprint density at radius 1 is 0.667 bits per heavy atom. The SMILES string of the molecule is CCCCC/C=C\C[C@@H](O)[C@H](O)CCCCCCCC(=O)OC[C@H](COP(=O)(O)OC[C@@H](O)CO)OC(=O)CCCCCCCCCCC(C)C. The molecule has 0 aliphatic rings. The second kappa shape index (κ2) is 33.2. The van der Waals surface area contributed by atoms with Crippen molar-refractivity contribution in [2.75, 3.05) is 26.4 Å². The third-order valence-corrected chi connectivity index (χ3v) is 9.50. The third-order valence-electron chi connectivity index (χ3n) is 8.55. The molecule has 0 fully saturated rings. The first-order chi connectivity index (χ1) is 24.4. The first-order valence-corrected chi connectivity index (χ1v) is 21.2. The summed E-state index contributed by atoms with van der Waals surface area (Å²) in [7, 11) is -4.64. The number of carbonyl (C=O) groups is 2. The van der Waals surface area contributed by atoms with Crippen LogP contribution in [0.5, 0.6) is 0 Å². The predicted octanol–water partition coefficient (Wildman–Crippen LogP) is 7.46. The van der Waals surface area contributed by atoms with Gasteiger partial charge in [-0.3, -0.25) is 18.6 Å². The van der Waals surface area contributed by atoms with Crippen molar-refractivity contribution in [3.05, 3.63) is 12.2 Å². The highest BCUT2D eigenvalue weighted by Crippen LogP contribution is 2.43. The fourth-order valence-electron chi connectivity index (χ4n) is 5.32. The van der Waals surface area contributed by atoms with E-state index in [1.165, 1.54) is 44.9 Å². The Labute approximate surface area is 308 Å². The van der Waals surface area contributed by atoms with E-state index in [-0.39, 0.29) is 19.4 Å². The second-order valence-corrected chi connectivity index (χ2v) is 15.5. The molecule has 0 aromatic rings. The fraction of sp³-hybridized carbons (Fsp3) is 0.895. The number of allylic oxidation sites excluding steroid dienone is 1. The first kappa shape index (κ1) is 49.6. The van der Waals surface area contributed by atoms with Gasteiger partial charge < -0.3 is 34.8 Å². The highest BCUT2D eigenvalue weighted by molar-refractivity contribution is 7.47. The van der Waals surface area contributed by atoms with Gasteiger partial charge in [0.25, 0.3) is 0 Å². The lowest BCUT2D eigenvalue weighted by molar-refractivity contribution is -0.161. The van der Waals surface area contributed by atoms with E-state index in [9.17, 15) is 34.4 Å². The lowest BCUT2D eigenvalue weighted by atomic mass is 10.0. The van der Waals surface area contributed by atoms with Crippen molar-refractivity contribution in [1.82, 2.24) is 0 Å². The van der Waals surface area contributed by atoms with Crippen LogP contribution in [0.2, 0.25) is 0 Å². The van der Waals surface area contributed by atoms with Gasteiger partial charge in [0.15, 0.2) is 6.10 Å². The average Bonchev–Trinajstić information content (AvgIpc) is 3.09. The molecule has 0 radical (unpaired) electrons. The van der Waals surface area contributed by atoms with Crippen molar-refractivity contribution in [2.45, 2.75) is 186 Å². The Morgan fingerprint density at radius 2 is 1.22 bits per heavy atom. The van der Waals surface area contributed by atoms with Crippen molar-refractivity contribution in [1.29, 1.82) is 0 Å². The summed E-state index contributed by atoms with van der Waals surface area (Å²) in [6.45, 7) is 4.39. The molecule has 0 spiro atoms. The molecule has 302 valence electrons. The maximum absolute atomic E-state index is 12.5. The van der Waals surface area contributed by atoms with Crippen molar-refractivity contribution in [3.63, 3.8) is 0 Å². The molecule has 0 aromatic heterocycles. The van der Waals surface area contributed by atoms with Gasteiger partial charge in [-0.2, -0.15) is 0 Å². The Kier molecular flexibility index (Phi) is 32.3. The Morgan fingerprint density at radius 3 is 1.80 bits per heavy atom. The molecule has 5 atom stereocenters. The molecule has 0 saturated heterocycles. The lowest BCUT2D eigenvalue weighted by Gasteiger charge is -2.20. The van der Waals surface area contributed by atoms with Crippen LogP contribution >= 0.6 is 7.82 Å². The Hall–Kier alpha value is -1.37. The van der Waals surface area contributed by atoms with Crippen LogP contribution in [0.4, 0.5) is 0 Å². The van der Waals surface area contributed by atoms with Crippen LogP contribution in [0.3, 0.4) is 0 Å². The van der Waals surface area contributed by atoms with Gasteiger partial charge in [-0.25, -0.2) is 4.57 Å². The number of carbonyl (C=O) groups excluding carboxylic acids is 2. The number of rotatable bonds is 36. The molecular formula is C38H73O12P. The molecule has 12 nitrogen and oxygen atoms in total. The maximum atomic E-state index is 12.5. The minimum Gasteiger partial charge on any atom is -0.462 e. The van der Waals surface area contributed by atoms with Gasteiger partial charge in [0.1, 0.15) is 12.7 Å². The molecule has 0 aliphatic heterocycles. The fourth-order valence-corrected chi connectivity index (χ4v) is 6.11. The summed E-state index contributed by atoms with van der Waals surface area (Å²) in [6.07, 6.45) is 19.4. The molecule has 0 saturated carbocycles. The molecule has 0 amide bonds. The number of esters is 2. The van der Waals surface area contributed by atoms with Crippen molar-refractivity contribution >= 4 is 19.8 Å². The van der Waals surface area contributed by atoms with Crippen LogP contribution in [0.1, 0.15) is 162 Å². The normalized spacial score (nSPS) is 15.5. The second-order valence-electron chi connectivity index (χ2n) is 14.1. The van der Waals surface area contributed by atoms with Crippen LogP contribution in [0.25, 0.3) is 0 Å². The van der Waals surface area contributed by atoms with E-state index < -0.39 is 64.0 Å². The first-order valence-electron chi connectivity index (χ1n) is 19.7. The van der Waals surface area contributed by atoms with Crippen LogP contribution < -0.4 is 0 Å². The molecule has 51 heavy (non-hydrogen) atoms. The number of aliphatic hydroxyl groups is 4. The van der Waals surface area contributed by atoms with E-state index in [0.717, 1.165) is 63.7 Å². The molecule has 0 aromatic carbocycles. The van der Waals surface area contributed by atoms with Gasteiger partial charge in [0.2, 0.25) is 0 Å². The Balaban J connectivity index is 4.45. The van der Waals surface area contributed by atoms with Crippen LogP contribution in [0.15, 0.2) is 12.2 Å². The maximum Gasteiger partial charge on any atom is 0.472 e. The highest BCUT2D eigenvalue weighted by atomic mass is 31.2. The minimum absolute atomic E-state index is 0.145. The van der Waals surface area contributed by atoms with E-state index in [4.69, 9.17) is 19.1 Å². The van der Waals surface area contributed by atoms with Gasteiger partial charge in [-0.05, 0) is 44.4 Å². The number of ether oxygens (including phenoxy) is 2. The molecular weight excluding hydrogens is 679 g/mol. The molecule has 0 heterocycles. The standard InChI is InChI=1S/C38H73O12P/c1-4-5-6-7-14-19-24-35(41)36(42)25-20-15-12-17-21-26-37(43)47-30-34(31-49-51(45,46)48-29-33(40)28-39)50-38(44)27-22-16-11-9-8-10-13-18-23-32(2)3/h14,19,32-36,39-42H,4-13,15-18,20-31H2,1-3H3,(H,45,46)/b19-14-/t33-,34+,35+,36+/m0/s1. The average molecular weight is 753 g/mol. The van der Waals surface area contributed by atoms with Gasteiger partial charge in [0.05, 0.1) is 32.0 Å². The van der Waals surface area contributed by atoms with Gasteiger partial charge in [-0.1, -0.05) is 123 Å². The summed E-state index contributed by atoms with van der Waals surface area (Å²) in [5.41, 5.74) is 0. The minimum atomic E-state index is -4.64. The molecule has 5 N–H and O–H groups in total. The zero-order chi connectivity index (χ0) is 38.2. The number of aliphatic hydroxyl groups excluding tert-OH is 4. The zero-order valence-corrected chi connectivity index (χ0v) is 32.9. The zero-order valence-electron chi connectivity index (χ0n) is 32.0. The highest BCUT2D eigenvalue weighted by Gasteiger charge is 2.27. The lowest BCUT2D eigenvalue weighted by Crippen LogP contribution is -2.29. The third kappa shape index (κ3) is 33.0. The Bertz CT molecular complexity index is 915. The number of phosphoric ester groups is 1. The summed E-state index contributed by atoms with van der Waals surface area (Å²) < 4.78 is 32.5. The number of unbranched alkanes of at least 4 members (excludes halogenated alkanes) is 14. The topological polar surface area (TPSA) is 189 Å². The largest absolute Gasteiger partial charge is 0.472 e. The molecule has 1 unspecified atom stereocenters. The van der Waals surface area contributed by atoms with E-state index in [1.54, 1.807) is 0 Å². The summed E-state index contributed by atoms with van der Waals surface area (Å²) in [5.74, 6) is -0.292. The van der Waals surface area contributed by atoms with E-state index in [0.29, 0.717) is 25.7 Å². The van der Waals surface area contributed by atoms with E-state index >= 15 is 0 Å². The summed E-state index contributed by atoms with van der Waals surface area (Å²) >= 11 is 0. The molecule has 0 bridgehead atoms. The van der Waals surface area contributed by atoms with Crippen LogP contribution in [0, 0.1) is 5.92 Å². The van der Waals surface area contributed by atoms with Crippen molar-refractivity contribution in [3.8, 4) is 0 Å². The van der Waals surface area contributed by atoms with Gasteiger partial charge in [0, 0.05) is 12.8 Å². The number of phosphoric acid groups is 1. The van der Waals surface area contributed by atoms with E-state index in [1.807, 2.05) is 6.08 Å². The summed E-state index contributed by atoms with van der Waals surface area (Å²) in [5, 5.41) is 38.6. The summed E-state index contributed by atoms with van der Waals surface area (Å²) in [6, 6.07) is 0. The van der Waals surface area contributed by atoms with E-state index in [2.05, 4.69) is 31.4 Å². The quantitative estimate of drug-likeness (QED) is 0.0184. The van der Waals surface area contributed by atoms with Crippen molar-refractivity contribution < 1.29 is 58.0 Å². The van der Waals surface area contributed by atoms with Crippen LogP contribution in [-0.2, 0) is 32.7 Å².